The minimum absolute atomic E-state index is 0.0275. The van der Waals surface area contributed by atoms with Crippen LogP contribution in [0.2, 0.25) is 0 Å². The van der Waals surface area contributed by atoms with Crippen LogP contribution in [0.3, 0.4) is 0 Å². The van der Waals surface area contributed by atoms with Gasteiger partial charge in [0.25, 0.3) is 5.56 Å². The molecular weight excluding hydrogens is 378 g/mol. The number of aromatic nitrogens is 1. The molecule has 0 atom stereocenters. The summed E-state index contributed by atoms with van der Waals surface area (Å²) in [5.74, 6) is 0.568. The van der Waals surface area contributed by atoms with E-state index in [0.29, 0.717) is 16.8 Å². The van der Waals surface area contributed by atoms with Crippen LogP contribution in [0.1, 0.15) is 16.7 Å². The average Bonchev–Trinajstić information content (AvgIpc) is 2.69. The number of nitriles is 1. The molecule has 0 fully saturated rings. The van der Waals surface area contributed by atoms with E-state index in [4.69, 9.17) is 10.00 Å². The highest BCUT2D eigenvalue weighted by molar-refractivity contribution is 7.89. The molecule has 0 saturated heterocycles. The largest absolute Gasteiger partial charge is 0.495 e. The van der Waals surface area contributed by atoms with Gasteiger partial charge in [-0.2, -0.15) is 5.26 Å². The standard InChI is InChI=1S/C20H19N3O4S/c1-13-7-8-17(27-2)19-16(13)11-14(20(24)23-19)9-10-22-28(25,26)18-6-4-3-5-15(18)12-21/h3-8,11,22H,9-10H2,1-2H3,(H,23,24). The van der Waals surface area contributed by atoms with Gasteiger partial charge in [0.1, 0.15) is 11.8 Å². The molecule has 0 aliphatic heterocycles. The first-order chi connectivity index (χ1) is 13.4. The van der Waals surface area contributed by atoms with Gasteiger partial charge in [-0.3, -0.25) is 4.79 Å². The van der Waals surface area contributed by atoms with E-state index in [0.717, 1.165) is 10.9 Å². The Kier molecular flexibility index (Phi) is 5.49. The highest BCUT2D eigenvalue weighted by atomic mass is 32.2. The van der Waals surface area contributed by atoms with Crippen molar-refractivity contribution in [3.63, 3.8) is 0 Å². The molecule has 1 heterocycles. The van der Waals surface area contributed by atoms with E-state index in [-0.39, 0.29) is 29.0 Å². The average molecular weight is 397 g/mol. The quantitative estimate of drug-likeness (QED) is 0.662. The van der Waals surface area contributed by atoms with Crippen LogP contribution >= 0.6 is 0 Å². The third-order valence-corrected chi connectivity index (χ3v) is 6.00. The van der Waals surface area contributed by atoms with Gasteiger partial charge in [0, 0.05) is 17.5 Å². The molecule has 1 aromatic heterocycles. The second-order valence-electron chi connectivity index (χ2n) is 6.25. The van der Waals surface area contributed by atoms with E-state index >= 15 is 0 Å². The topological polar surface area (TPSA) is 112 Å². The van der Waals surface area contributed by atoms with Gasteiger partial charge in [-0.15, -0.1) is 0 Å². The van der Waals surface area contributed by atoms with Crippen molar-refractivity contribution in [3.8, 4) is 11.8 Å². The number of fused-ring (bicyclic) bond motifs is 1. The molecule has 0 radical (unpaired) electrons. The molecule has 0 unspecified atom stereocenters. The molecular formula is C20H19N3O4S. The van der Waals surface area contributed by atoms with Crippen molar-refractivity contribution in [1.29, 1.82) is 5.26 Å². The fourth-order valence-corrected chi connectivity index (χ4v) is 4.19. The zero-order valence-corrected chi connectivity index (χ0v) is 16.3. The Morgan fingerprint density at radius 3 is 2.68 bits per heavy atom. The zero-order valence-electron chi connectivity index (χ0n) is 15.4. The number of methoxy groups -OCH3 is 1. The van der Waals surface area contributed by atoms with Crippen LogP contribution in [0, 0.1) is 18.3 Å². The molecule has 7 nitrogen and oxygen atoms in total. The van der Waals surface area contributed by atoms with E-state index < -0.39 is 10.0 Å². The Morgan fingerprint density at radius 1 is 1.21 bits per heavy atom. The molecule has 0 aliphatic rings. The molecule has 2 aromatic carbocycles. The third-order valence-electron chi connectivity index (χ3n) is 4.48. The van der Waals surface area contributed by atoms with Crippen molar-refractivity contribution in [2.75, 3.05) is 13.7 Å². The normalized spacial score (nSPS) is 11.3. The predicted molar refractivity (Wildman–Crippen MR) is 106 cm³/mol. The number of pyridine rings is 1. The van der Waals surface area contributed by atoms with Crippen LogP contribution in [0.25, 0.3) is 10.9 Å². The number of ether oxygens (including phenoxy) is 1. The van der Waals surface area contributed by atoms with Gasteiger partial charge in [-0.05, 0) is 43.2 Å². The number of benzene rings is 2. The second kappa shape index (κ2) is 7.84. The van der Waals surface area contributed by atoms with Gasteiger partial charge in [0.15, 0.2) is 0 Å². The maximum Gasteiger partial charge on any atom is 0.251 e. The highest BCUT2D eigenvalue weighted by Gasteiger charge is 2.18. The minimum Gasteiger partial charge on any atom is -0.495 e. The van der Waals surface area contributed by atoms with Crippen molar-refractivity contribution in [1.82, 2.24) is 9.71 Å². The first kappa shape index (κ1) is 19.6. The number of nitrogens with zero attached hydrogens (tertiary/aromatic N) is 1. The van der Waals surface area contributed by atoms with Crippen molar-refractivity contribution >= 4 is 20.9 Å². The molecule has 0 amide bonds. The van der Waals surface area contributed by atoms with Gasteiger partial charge < -0.3 is 9.72 Å². The van der Waals surface area contributed by atoms with Gasteiger partial charge >= 0.3 is 0 Å². The Hall–Kier alpha value is -3.15. The van der Waals surface area contributed by atoms with E-state index in [2.05, 4.69) is 9.71 Å². The Bertz CT molecular complexity index is 1240. The lowest BCUT2D eigenvalue weighted by Crippen LogP contribution is -2.28. The fourth-order valence-electron chi connectivity index (χ4n) is 3.00. The third kappa shape index (κ3) is 3.76. The predicted octanol–water partition coefficient (Wildman–Crippen LogP) is 2.24. The summed E-state index contributed by atoms with van der Waals surface area (Å²) >= 11 is 0. The molecule has 144 valence electrons. The molecule has 3 rings (SSSR count). The zero-order chi connectivity index (χ0) is 20.3. The van der Waals surface area contributed by atoms with Gasteiger partial charge in [-0.25, -0.2) is 13.1 Å². The van der Waals surface area contributed by atoms with Crippen LogP contribution in [0.4, 0.5) is 0 Å². The molecule has 2 N–H and O–H groups in total. The lowest BCUT2D eigenvalue weighted by Gasteiger charge is -2.10. The Balaban J connectivity index is 1.84. The number of sulfonamides is 1. The minimum atomic E-state index is -3.85. The number of aromatic amines is 1. The number of aryl methyl sites for hydroxylation is 1. The lowest BCUT2D eigenvalue weighted by molar-refractivity contribution is 0.418. The molecule has 3 aromatic rings. The van der Waals surface area contributed by atoms with Crippen LogP contribution in [0.5, 0.6) is 5.75 Å². The van der Waals surface area contributed by atoms with Crippen molar-refractivity contribution in [3.05, 3.63) is 69.5 Å². The van der Waals surface area contributed by atoms with Crippen LogP contribution in [-0.2, 0) is 16.4 Å². The molecule has 28 heavy (non-hydrogen) atoms. The first-order valence-corrected chi connectivity index (χ1v) is 10.0. The van der Waals surface area contributed by atoms with Crippen LogP contribution in [0.15, 0.2) is 52.2 Å². The molecule has 8 heteroatoms. The van der Waals surface area contributed by atoms with Crippen LogP contribution < -0.4 is 15.0 Å². The number of nitrogens with one attached hydrogen (secondary N) is 2. The molecule has 0 saturated carbocycles. The van der Waals surface area contributed by atoms with E-state index in [9.17, 15) is 13.2 Å². The fraction of sp³-hybridized carbons (Fsp3) is 0.200. The maximum absolute atomic E-state index is 12.5. The van der Waals surface area contributed by atoms with E-state index in [1.165, 1.54) is 19.2 Å². The van der Waals surface area contributed by atoms with E-state index in [1.807, 2.05) is 19.1 Å². The summed E-state index contributed by atoms with van der Waals surface area (Å²) in [6, 6.07) is 13.3. The number of H-pyrrole nitrogens is 1. The first-order valence-electron chi connectivity index (χ1n) is 8.55. The summed E-state index contributed by atoms with van der Waals surface area (Å²) in [7, 11) is -2.32. The van der Waals surface area contributed by atoms with Crippen molar-refractivity contribution in [2.24, 2.45) is 0 Å². The van der Waals surface area contributed by atoms with Gasteiger partial charge in [-0.1, -0.05) is 18.2 Å². The SMILES string of the molecule is COc1ccc(C)c2cc(CCNS(=O)(=O)c3ccccc3C#N)c(=O)[nH]c12. The number of rotatable bonds is 6. The van der Waals surface area contributed by atoms with E-state index in [1.54, 1.807) is 24.3 Å². The van der Waals surface area contributed by atoms with Gasteiger partial charge in [0.2, 0.25) is 10.0 Å². The highest BCUT2D eigenvalue weighted by Crippen LogP contribution is 2.25. The maximum atomic E-state index is 12.5. The van der Waals surface area contributed by atoms with Crippen LogP contribution in [-0.4, -0.2) is 27.1 Å². The summed E-state index contributed by atoms with van der Waals surface area (Å²) in [5, 5.41) is 9.93. The molecule has 0 aliphatic carbocycles. The van der Waals surface area contributed by atoms with Crippen molar-refractivity contribution in [2.45, 2.75) is 18.2 Å². The lowest BCUT2D eigenvalue weighted by atomic mass is 10.1. The summed E-state index contributed by atoms with van der Waals surface area (Å²) in [5.41, 5.74) is 1.81. The second-order valence-corrected chi connectivity index (χ2v) is 7.99. The Labute approximate surface area is 162 Å². The number of hydrogen-bond donors (Lipinski definition) is 2. The monoisotopic (exact) mass is 397 g/mol. The van der Waals surface area contributed by atoms with Crippen molar-refractivity contribution < 1.29 is 13.2 Å². The Morgan fingerprint density at radius 2 is 1.96 bits per heavy atom. The summed E-state index contributed by atoms with van der Waals surface area (Å²) < 4.78 is 32.7. The summed E-state index contributed by atoms with van der Waals surface area (Å²) in [6.45, 7) is 1.95. The molecule has 0 bridgehead atoms. The summed E-state index contributed by atoms with van der Waals surface area (Å²) in [6.07, 6.45) is 0.204. The molecule has 0 spiro atoms. The number of hydrogen-bond acceptors (Lipinski definition) is 5. The smallest absolute Gasteiger partial charge is 0.251 e. The summed E-state index contributed by atoms with van der Waals surface area (Å²) in [4.78, 5) is 15.1. The van der Waals surface area contributed by atoms with Gasteiger partial charge in [0.05, 0.1) is 23.1 Å².